The van der Waals surface area contributed by atoms with Crippen LogP contribution in [-0.4, -0.2) is 47.0 Å². The maximum Gasteiger partial charge on any atom is 0.408 e. The fourth-order valence-electron chi connectivity index (χ4n) is 3.58. The van der Waals surface area contributed by atoms with Gasteiger partial charge in [0.05, 0.1) is 0 Å². The van der Waals surface area contributed by atoms with Crippen LogP contribution in [0.3, 0.4) is 0 Å². The number of nitrogens with zero attached hydrogens (tertiary/aromatic N) is 1. The smallest absolute Gasteiger partial charge is 0.408 e. The summed E-state index contributed by atoms with van der Waals surface area (Å²) in [5.74, 6) is 1.78. The van der Waals surface area contributed by atoms with E-state index in [-0.39, 0.29) is 23.8 Å². The zero-order valence-electron chi connectivity index (χ0n) is 21.9. The monoisotopic (exact) mass is 471 g/mol. The Balaban J connectivity index is 3.53. The van der Waals surface area contributed by atoms with Gasteiger partial charge in [-0.3, -0.25) is 9.59 Å². The van der Waals surface area contributed by atoms with Gasteiger partial charge in [0.1, 0.15) is 17.7 Å². The number of hydrogen-bond acceptors (Lipinski definition) is 4. The lowest BCUT2D eigenvalue weighted by atomic mass is 9.94. The van der Waals surface area contributed by atoms with Gasteiger partial charge in [-0.05, 0) is 58.6 Å². The van der Waals surface area contributed by atoms with Crippen LogP contribution in [0.2, 0.25) is 0 Å². The number of rotatable bonds is 10. The van der Waals surface area contributed by atoms with E-state index in [2.05, 4.69) is 16.6 Å². The minimum atomic E-state index is -0.936. The SMILES string of the molecule is C#Cc1ccccc1C(C(=O)NC(C)C)N(CCC)C(=O)C(NC(=O)OC(C)(C)C)C(C)CC. The van der Waals surface area contributed by atoms with Gasteiger partial charge in [-0.25, -0.2) is 4.79 Å². The van der Waals surface area contributed by atoms with Gasteiger partial charge in [-0.2, -0.15) is 0 Å². The van der Waals surface area contributed by atoms with Crippen LogP contribution in [0.4, 0.5) is 4.79 Å². The average molecular weight is 472 g/mol. The van der Waals surface area contributed by atoms with Gasteiger partial charge in [-0.15, -0.1) is 6.42 Å². The van der Waals surface area contributed by atoms with E-state index in [1.165, 1.54) is 4.90 Å². The van der Waals surface area contributed by atoms with Crippen molar-refractivity contribution in [2.24, 2.45) is 5.92 Å². The first-order valence-corrected chi connectivity index (χ1v) is 12.0. The predicted octanol–water partition coefficient (Wildman–Crippen LogP) is 4.41. The van der Waals surface area contributed by atoms with Crippen molar-refractivity contribution in [2.75, 3.05) is 6.54 Å². The third-order valence-electron chi connectivity index (χ3n) is 5.30. The Hall–Kier alpha value is -3.01. The second kappa shape index (κ2) is 13.0. The number of nitrogens with one attached hydrogen (secondary N) is 2. The summed E-state index contributed by atoms with van der Waals surface area (Å²) >= 11 is 0. The van der Waals surface area contributed by atoms with Crippen LogP contribution in [0.15, 0.2) is 24.3 Å². The standard InChI is InChI=1S/C27H41N3O4/c1-10-17-30(25(32)22(19(6)11-2)29-26(33)34-27(7,8)9)23(24(31)28-18(4)5)21-16-14-13-15-20(21)12-3/h3,13-16,18-19,22-23H,10-11,17H2,1-2,4-9H3,(H,28,31)(H,29,33). The number of terminal acetylenes is 1. The molecule has 1 aromatic carbocycles. The Labute approximate surface area is 205 Å². The molecule has 0 aliphatic carbocycles. The average Bonchev–Trinajstić information content (AvgIpc) is 2.74. The van der Waals surface area contributed by atoms with E-state index in [1.54, 1.807) is 45.0 Å². The summed E-state index contributed by atoms with van der Waals surface area (Å²) in [6, 6.07) is 5.20. The Morgan fingerprint density at radius 2 is 1.71 bits per heavy atom. The maximum atomic E-state index is 14.0. The molecule has 0 aliphatic heterocycles. The number of carbonyl (C=O) groups is 3. The number of amides is 3. The number of benzene rings is 1. The van der Waals surface area contributed by atoms with Crippen molar-refractivity contribution in [1.82, 2.24) is 15.5 Å². The molecule has 0 aromatic heterocycles. The molecule has 7 nitrogen and oxygen atoms in total. The number of carbonyl (C=O) groups excluding carboxylic acids is 3. The topological polar surface area (TPSA) is 87.7 Å². The first-order chi connectivity index (χ1) is 15.9. The fourth-order valence-corrected chi connectivity index (χ4v) is 3.58. The van der Waals surface area contributed by atoms with Crippen LogP contribution in [-0.2, 0) is 14.3 Å². The minimum Gasteiger partial charge on any atom is -0.444 e. The van der Waals surface area contributed by atoms with Crippen LogP contribution < -0.4 is 10.6 Å². The molecule has 3 unspecified atom stereocenters. The van der Waals surface area contributed by atoms with Crippen molar-refractivity contribution >= 4 is 17.9 Å². The Morgan fingerprint density at radius 3 is 2.21 bits per heavy atom. The van der Waals surface area contributed by atoms with Crippen molar-refractivity contribution < 1.29 is 19.1 Å². The van der Waals surface area contributed by atoms with E-state index >= 15 is 0 Å². The highest BCUT2D eigenvalue weighted by Gasteiger charge is 2.38. The molecule has 0 spiro atoms. The van der Waals surface area contributed by atoms with Gasteiger partial charge in [0.2, 0.25) is 11.8 Å². The van der Waals surface area contributed by atoms with Crippen molar-refractivity contribution in [2.45, 2.75) is 92.0 Å². The summed E-state index contributed by atoms with van der Waals surface area (Å²) in [4.78, 5) is 41.5. The fraction of sp³-hybridized carbons (Fsp3) is 0.593. The van der Waals surface area contributed by atoms with E-state index in [1.807, 2.05) is 34.6 Å². The van der Waals surface area contributed by atoms with Crippen molar-refractivity contribution in [3.63, 3.8) is 0 Å². The Kier molecular flexibility index (Phi) is 11.1. The second-order valence-electron chi connectivity index (χ2n) is 9.84. The van der Waals surface area contributed by atoms with Crippen molar-refractivity contribution in [1.29, 1.82) is 0 Å². The summed E-state index contributed by atoms with van der Waals surface area (Å²) in [5.41, 5.74) is 0.410. The highest BCUT2D eigenvalue weighted by molar-refractivity contribution is 5.92. The van der Waals surface area contributed by atoms with Gasteiger partial charge >= 0.3 is 6.09 Å². The predicted molar refractivity (Wildman–Crippen MR) is 135 cm³/mol. The number of alkyl carbamates (subject to hydrolysis) is 1. The molecule has 0 aliphatic rings. The van der Waals surface area contributed by atoms with Crippen LogP contribution in [0, 0.1) is 18.3 Å². The third kappa shape index (κ3) is 8.40. The molecule has 3 amide bonds. The van der Waals surface area contributed by atoms with Crippen LogP contribution in [0.1, 0.15) is 85.4 Å². The molecule has 0 fully saturated rings. The summed E-state index contributed by atoms with van der Waals surface area (Å²) in [5, 5.41) is 5.68. The largest absolute Gasteiger partial charge is 0.444 e. The van der Waals surface area contributed by atoms with Crippen LogP contribution >= 0.6 is 0 Å². The molecule has 1 rings (SSSR count). The van der Waals surface area contributed by atoms with E-state index in [0.29, 0.717) is 30.5 Å². The first-order valence-electron chi connectivity index (χ1n) is 12.0. The molecule has 0 saturated carbocycles. The third-order valence-corrected chi connectivity index (χ3v) is 5.30. The van der Waals surface area contributed by atoms with Crippen molar-refractivity contribution in [3.8, 4) is 12.3 Å². The molecule has 1 aromatic rings. The van der Waals surface area contributed by atoms with Gasteiger partial charge in [0.15, 0.2) is 0 Å². The van der Waals surface area contributed by atoms with Crippen LogP contribution in [0.5, 0.6) is 0 Å². The van der Waals surface area contributed by atoms with E-state index in [4.69, 9.17) is 11.2 Å². The molecule has 0 radical (unpaired) electrons. The molecule has 0 bridgehead atoms. The summed E-state index contributed by atoms with van der Waals surface area (Å²) in [6.45, 7) is 15.1. The molecular formula is C27H41N3O4. The van der Waals surface area contributed by atoms with Gasteiger partial charge in [0, 0.05) is 18.2 Å². The molecular weight excluding hydrogens is 430 g/mol. The summed E-state index contributed by atoms with van der Waals surface area (Å²) < 4.78 is 5.41. The van der Waals surface area contributed by atoms with Crippen molar-refractivity contribution in [3.05, 3.63) is 35.4 Å². The normalized spacial score (nSPS) is 13.9. The Bertz CT molecular complexity index is 883. The molecule has 3 atom stereocenters. The molecule has 7 heteroatoms. The van der Waals surface area contributed by atoms with E-state index in [0.717, 1.165) is 0 Å². The quantitative estimate of drug-likeness (QED) is 0.495. The van der Waals surface area contributed by atoms with Gasteiger partial charge < -0.3 is 20.3 Å². The number of hydrogen-bond donors (Lipinski definition) is 2. The van der Waals surface area contributed by atoms with E-state index < -0.39 is 23.8 Å². The molecule has 0 saturated heterocycles. The van der Waals surface area contributed by atoms with Gasteiger partial charge in [-0.1, -0.05) is 51.3 Å². The van der Waals surface area contributed by atoms with Crippen LogP contribution in [0.25, 0.3) is 0 Å². The summed E-state index contributed by atoms with van der Waals surface area (Å²) in [6.07, 6.45) is 6.33. The second-order valence-corrected chi connectivity index (χ2v) is 9.84. The van der Waals surface area contributed by atoms with E-state index in [9.17, 15) is 14.4 Å². The first kappa shape index (κ1) is 29.0. The number of ether oxygens (including phenoxy) is 1. The zero-order valence-corrected chi connectivity index (χ0v) is 21.9. The molecule has 34 heavy (non-hydrogen) atoms. The molecule has 0 heterocycles. The lowest BCUT2D eigenvalue weighted by Crippen LogP contribution is -2.55. The highest BCUT2D eigenvalue weighted by Crippen LogP contribution is 2.27. The van der Waals surface area contributed by atoms with Gasteiger partial charge in [0.25, 0.3) is 0 Å². The lowest BCUT2D eigenvalue weighted by molar-refractivity contribution is -0.143. The zero-order chi connectivity index (χ0) is 26.1. The highest BCUT2D eigenvalue weighted by atomic mass is 16.6. The lowest BCUT2D eigenvalue weighted by Gasteiger charge is -2.36. The molecule has 188 valence electrons. The summed E-state index contributed by atoms with van der Waals surface area (Å²) in [7, 11) is 0. The molecule has 2 N–H and O–H groups in total. The Morgan fingerprint density at radius 1 is 1.09 bits per heavy atom. The minimum absolute atomic E-state index is 0.128. The maximum absolute atomic E-state index is 14.0.